The summed E-state index contributed by atoms with van der Waals surface area (Å²) in [6, 6.07) is 17.1. The molecule has 0 spiro atoms. The zero-order chi connectivity index (χ0) is 26.5. The number of nitrogens with one attached hydrogen (secondary N) is 1. The van der Waals surface area contributed by atoms with Gasteiger partial charge in [0.05, 0.1) is 11.4 Å². The summed E-state index contributed by atoms with van der Waals surface area (Å²) in [5.74, 6) is 1.80. The molecule has 38 heavy (non-hydrogen) atoms. The highest BCUT2D eigenvalue weighted by atomic mass is 16.5. The van der Waals surface area contributed by atoms with Gasteiger partial charge in [0.25, 0.3) is 0 Å². The molecule has 196 valence electrons. The molecule has 2 amide bonds. The number of likely N-dealkylation sites (tertiary alicyclic amines) is 1. The van der Waals surface area contributed by atoms with Crippen molar-refractivity contribution in [3.8, 4) is 22.8 Å². The molecule has 1 atom stereocenters. The molecule has 0 bridgehead atoms. The SMILES string of the molecule is Nc1ncnc2c1c(-c1ccc(Oc3ccccc3)cc1)nn2[C@@H]1CCCN(C(=O)CCCNC(=O)O)C1. The molecule has 11 heteroatoms. The van der Waals surface area contributed by atoms with Crippen LogP contribution in [0.2, 0.25) is 0 Å². The second-order valence-electron chi connectivity index (χ2n) is 9.16. The summed E-state index contributed by atoms with van der Waals surface area (Å²) in [4.78, 5) is 33.9. The van der Waals surface area contributed by atoms with Gasteiger partial charge in [0.15, 0.2) is 5.65 Å². The van der Waals surface area contributed by atoms with E-state index in [1.807, 2.05) is 64.2 Å². The minimum Gasteiger partial charge on any atom is -0.465 e. The molecule has 1 aliphatic heterocycles. The standard InChI is InChI=1S/C27H29N7O4/c28-25-23-24(18-10-12-21(13-11-18)38-20-7-2-1-3-8-20)32-34(26(23)31-17-30-25)19-6-5-15-33(16-19)22(35)9-4-14-29-27(36)37/h1-3,7-8,10-13,17,19,29H,4-6,9,14-16H2,(H,36,37)(H2,28,30,31)/t19-/m1/s1. The minimum absolute atomic E-state index is 0.00159. The van der Waals surface area contributed by atoms with Gasteiger partial charge < -0.3 is 25.8 Å². The van der Waals surface area contributed by atoms with Gasteiger partial charge in [0, 0.05) is 31.6 Å². The zero-order valence-electron chi connectivity index (χ0n) is 20.8. The fourth-order valence-electron chi connectivity index (χ4n) is 4.73. The Bertz CT molecular complexity index is 1420. The number of rotatable bonds is 8. The molecule has 0 unspecified atom stereocenters. The third-order valence-corrected chi connectivity index (χ3v) is 6.56. The molecule has 4 N–H and O–H groups in total. The van der Waals surface area contributed by atoms with Gasteiger partial charge in [0.1, 0.15) is 29.3 Å². The maximum absolute atomic E-state index is 12.8. The zero-order valence-corrected chi connectivity index (χ0v) is 20.8. The van der Waals surface area contributed by atoms with E-state index in [1.165, 1.54) is 6.33 Å². The van der Waals surface area contributed by atoms with Crippen LogP contribution in [0.4, 0.5) is 10.6 Å². The van der Waals surface area contributed by atoms with E-state index in [2.05, 4.69) is 15.3 Å². The number of amides is 2. The molecule has 2 aromatic heterocycles. The summed E-state index contributed by atoms with van der Waals surface area (Å²) >= 11 is 0. The topological polar surface area (TPSA) is 148 Å². The van der Waals surface area contributed by atoms with E-state index < -0.39 is 6.09 Å². The molecule has 1 saturated heterocycles. The Hall–Kier alpha value is -4.67. The van der Waals surface area contributed by atoms with Crippen LogP contribution in [0.5, 0.6) is 11.5 Å². The van der Waals surface area contributed by atoms with Crippen molar-refractivity contribution >= 4 is 28.9 Å². The second kappa shape index (κ2) is 11.2. The van der Waals surface area contributed by atoms with E-state index >= 15 is 0 Å². The van der Waals surface area contributed by atoms with Gasteiger partial charge >= 0.3 is 6.09 Å². The number of piperidine rings is 1. The van der Waals surface area contributed by atoms with Crippen molar-refractivity contribution in [3.05, 3.63) is 60.9 Å². The summed E-state index contributed by atoms with van der Waals surface area (Å²) in [6.07, 6.45) is 2.74. The van der Waals surface area contributed by atoms with Crippen molar-refractivity contribution in [3.63, 3.8) is 0 Å². The Labute approximate surface area is 219 Å². The minimum atomic E-state index is -1.09. The lowest BCUT2D eigenvalue weighted by Gasteiger charge is -2.33. The number of carbonyl (C=O) groups is 2. The fourth-order valence-corrected chi connectivity index (χ4v) is 4.73. The lowest BCUT2D eigenvalue weighted by atomic mass is 10.1. The Morgan fingerprint density at radius 3 is 2.61 bits per heavy atom. The van der Waals surface area contributed by atoms with Crippen LogP contribution in [0.3, 0.4) is 0 Å². The van der Waals surface area contributed by atoms with Crippen molar-refractivity contribution in [1.82, 2.24) is 30.0 Å². The molecule has 4 aromatic rings. The summed E-state index contributed by atoms with van der Waals surface area (Å²) < 4.78 is 7.78. The number of aromatic nitrogens is 4. The molecule has 0 aliphatic carbocycles. The lowest BCUT2D eigenvalue weighted by molar-refractivity contribution is -0.133. The number of carboxylic acid groups (broad SMARTS) is 1. The normalized spacial score (nSPS) is 15.4. The molecule has 0 radical (unpaired) electrons. The molecule has 3 heterocycles. The van der Waals surface area contributed by atoms with E-state index in [-0.39, 0.29) is 24.9 Å². The summed E-state index contributed by atoms with van der Waals surface area (Å²) in [6.45, 7) is 1.40. The summed E-state index contributed by atoms with van der Waals surface area (Å²) in [5.41, 5.74) is 8.45. The number of ether oxygens (including phenoxy) is 1. The number of benzene rings is 2. The van der Waals surface area contributed by atoms with Gasteiger partial charge in [-0.15, -0.1) is 0 Å². The first-order chi connectivity index (χ1) is 18.5. The average Bonchev–Trinajstić information content (AvgIpc) is 3.33. The van der Waals surface area contributed by atoms with Gasteiger partial charge in [0.2, 0.25) is 5.91 Å². The number of hydrogen-bond acceptors (Lipinski definition) is 7. The Morgan fingerprint density at radius 1 is 1.08 bits per heavy atom. The van der Waals surface area contributed by atoms with E-state index in [4.69, 9.17) is 20.7 Å². The third-order valence-electron chi connectivity index (χ3n) is 6.56. The van der Waals surface area contributed by atoms with Crippen LogP contribution in [0, 0.1) is 0 Å². The lowest BCUT2D eigenvalue weighted by Crippen LogP contribution is -2.41. The van der Waals surface area contributed by atoms with E-state index in [1.54, 1.807) is 0 Å². The van der Waals surface area contributed by atoms with E-state index in [9.17, 15) is 9.59 Å². The first-order valence-electron chi connectivity index (χ1n) is 12.6. The summed E-state index contributed by atoms with van der Waals surface area (Å²) in [5, 5.41) is 16.6. The van der Waals surface area contributed by atoms with Crippen molar-refractivity contribution in [1.29, 1.82) is 0 Å². The molecule has 2 aromatic carbocycles. The van der Waals surface area contributed by atoms with Gasteiger partial charge in [-0.1, -0.05) is 18.2 Å². The maximum Gasteiger partial charge on any atom is 0.404 e. The smallest absolute Gasteiger partial charge is 0.404 e. The van der Waals surface area contributed by atoms with E-state index in [0.29, 0.717) is 47.8 Å². The number of anilines is 1. The van der Waals surface area contributed by atoms with Crippen LogP contribution in [0.25, 0.3) is 22.3 Å². The van der Waals surface area contributed by atoms with Crippen LogP contribution in [-0.4, -0.2) is 61.4 Å². The molecule has 1 fully saturated rings. The molecular weight excluding hydrogens is 486 g/mol. The number of nitrogens with two attached hydrogens (primary N) is 1. The van der Waals surface area contributed by atoms with Crippen LogP contribution >= 0.6 is 0 Å². The fraction of sp³-hybridized carbons (Fsp3) is 0.296. The van der Waals surface area contributed by atoms with Crippen LogP contribution in [0.15, 0.2) is 60.9 Å². The largest absolute Gasteiger partial charge is 0.465 e. The quantitative estimate of drug-likeness (QED) is 0.297. The predicted molar refractivity (Wildman–Crippen MR) is 142 cm³/mol. The summed E-state index contributed by atoms with van der Waals surface area (Å²) in [7, 11) is 0. The molecule has 1 aliphatic rings. The Morgan fingerprint density at radius 2 is 1.84 bits per heavy atom. The average molecular weight is 516 g/mol. The highest BCUT2D eigenvalue weighted by Crippen LogP contribution is 2.35. The van der Waals surface area contributed by atoms with Crippen molar-refractivity contribution in [2.24, 2.45) is 0 Å². The monoisotopic (exact) mass is 515 g/mol. The maximum atomic E-state index is 12.8. The van der Waals surface area contributed by atoms with Crippen LogP contribution in [-0.2, 0) is 4.79 Å². The van der Waals surface area contributed by atoms with Crippen molar-refractivity contribution in [2.75, 3.05) is 25.4 Å². The highest BCUT2D eigenvalue weighted by Gasteiger charge is 2.28. The molecule has 5 rings (SSSR count). The Kier molecular flexibility index (Phi) is 7.34. The van der Waals surface area contributed by atoms with E-state index in [0.717, 1.165) is 24.2 Å². The highest BCUT2D eigenvalue weighted by molar-refractivity contribution is 5.98. The van der Waals surface area contributed by atoms with Gasteiger partial charge in [-0.05, 0) is 55.7 Å². The van der Waals surface area contributed by atoms with Gasteiger partial charge in [-0.2, -0.15) is 5.10 Å². The van der Waals surface area contributed by atoms with Gasteiger partial charge in [-0.3, -0.25) is 4.79 Å². The van der Waals surface area contributed by atoms with Crippen molar-refractivity contribution in [2.45, 2.75) is 31.7 Å². The number of nitrogens with zero attached hydrogens (tertiary/aromatic N) is 5. The van der Waals surface area contributed by atoms with Crippen LogP contribution in [0.1, 0.15) is 31.7 Å². The second-order valence-corrected chi connectivity index (χ2v) is 9.16. The Balaban J connectivity index is 1.37. The number of hydrogen-bond donors (Lipinski definition) is 3. The van der Waals surface area contributed by atoms with Crippen LogP contribution < -0.4 is 15.8 Å². The predicted octanol–water partition coefficient (Wildman–Crippen LogP) is 4.08. The molecular formula is C27H29N7O4. The molecule has 0 saturated carbocycles. The molecule has 11 nitrogen and oxygen atoms in total. The van der Waals surface area contributed by atoms with Crippen molar-refractivity contribution < 1.29 is 19.4 Å². The van der Waals surface area contributed by atoms with Gasteiger partial charge in [-0.25, -0.2) is 19.4 Å². The number of nitrogen functional groups attached to an aromatic ring is 1. The third kappa shape index (κ3) is 5.51. The first kappa shape index (κ1) is 25.0. The number of carbonyl (C=O) groups excluding carboxylic acids is 1. The first-order valence-corrected chi connectivity index (χ1v) is 12.6. The number of para-hydroxylation sites is 1. The number of fused-ring (bicyclic) bond motifs is 1.